The molecule has 7 heteroatoms. The van der Waals surface area contributed by atoms with Crippen LogP contribution in [0.15, 0.2) is 11.6 Å². The SMILES string of the molecule is CCCCCCCCCCCCCCCCCCCCCCC(=O)OCC1OC(OC2CCC3(C)C(=CCC4C3CCC3(C)C(C(C)CCC(CC)C(C)C)CCC43)C2)C(O)C(O)C1O. The molecule has 1 saturated heterocycles. The molecule has 3 N–H and O–H groups in total. The van der Waals surface area contributed by atoms with Gasteiger partial charge in [0.05, 0.1) is 6.10 Å². The Kier molecular flexibility index (Phi) is 23.7. The zero-order valence-corrected chi connectivity index (χ0v) is 43.4. The van der Waals surface area contributed by atoms with Crippen molar-refractivity contribution in [2.75, 3.05) is 6.61 Å². The summed E-state index contributed by atoms with van der Waals surface area (Å²) in [5.74, 6) is 5.24. The lowest BCUT2D eigenvalue weighted by atomic mass is 9.47. The number of hydrogen-bond acceptors (Lipinski definition) is 7. The third-order valence-corrected chi connectivity index (χ3v) is 18.9. The summed E-state index contributed by atoms with van der Waals surface area (Å²) in [5.41, 5.74) is 2.13. The number of allylic oxidation sites excluding steroid dienone is 1. The summed E-state index contributed by atoms with van der Waals surface area (Å²) < 4.78 is 18.1. The largest absolute Gasteiger partial charge is 0.463 e. The van der Waals surface area contributed by atoms with Gasteiger partial charge in [-0.05, 0) is 116 Å². The third-order valence-electron chi connectivity index (χ3n) is 18.9. The highest BCUT2D eigenvalue weighted by Crippen LogP contribution is 2.67. The first-order valence-electron chi connectivity index (χ1n) is 28.5. The van der Waals surface area contributed by atoms with Crippen molar-refractivity contribution < 1.29 is 34.3 Å². The number of carbonyl (C=O) groups is 1. The van der Waals surface area contributed by atoms with Crippen molar-refractivity contribution in [3.63, 3.8) is 0 Å². The Morgan fingerprint density at radius 1 is 0.708 bits per heavy atom. The molecular formula is C58H104O7. The molecule has 0 amide bonds. The minimum absolute atomic E-state index is 0.140. The number of esters is 1. The van der Waals surface area contributed by atoms with Crippen molar-refractivity contribution in [3.05, 3.63) is 11.6 Å². The molecule has 3 saturated carbocycles. The molecule has 378 valence electrons. The van der Waals surface area contributed by atoms with Gasteiger partial charge in [-0.25, -0.2) is 0 Å². The van der Waals surface area contributed by atoms with Crippen LogP contribution in [0.3, 0.4) is 0 Å². The van der Waals surface area contributed by atoms with Crippen molar-refractivity contribution in [2.45, 2.75) is 291 Å². The van der Waals surface area contributed by atoms with Crippen molar-refractivity contribution in [1.29, 1.82) is 0 Å². The van der Waals surface area contributed by atoms with Gasteiger partial charge >= 0.3 is 5.97 Å². The van der Waals surface area contributed by atoms with Gasteiger partial charge in [-0.1, -0.05) is 195 Å². The minimum atomic E-state index is -1.44. The zero-order valence-electron chi connectivity index (χ0n) is 43.4. The normalized spacial score (nSPS) is 34.4. The Bertz CT molecular complexity index is 1360. The van der Waals surface area contributed by atoms with Gasteiger partial charge < -0.3 is 29.5 Å². The van der Waals surface area contributed by atoms with E-state index in [-0.39, 0.29) is 24.1 Å². The van der Waals surface area contributed by atoms with E-state index in [1.54, 1.807) is 0 Å². The second-order valence-electron chi connectivity index (χ2n) is 23.6. The number of fused-ring (bicyclic) bond motifs is 5. The number of carbonyl (C=O) groups excluding carboxylic acids is 1. The lowest BCUT2D eigenvalue weighted by Crippen LogP contribution is -2.60. The van der Waals surface area contributed by atoms with E-state index in [1.165, 1.54) is 160 Å². The summed E-state index contributed by atoms with van der Waals surface area (Å²) in [6, 6.07) is 0. The van der Waals surface area contributed by atoms with Crippen LogP contribution in [-0.2, 0) is 19.0 Å². The summed E-state index contributed by atoms with van der Waals surface area (Å²) in [5, 5.41) is 32.6. The number of rotatable bonds is 31. The Labute approximate surface area is 400 Å². The van der Waals surface area contributed by atoms with Crippen molar-refractivity contribution in [2.24, 2.45) is 52.3 Å². The molecule has 0 bridgehead atoms. The van der Waals surface area contributed by atoms with Crippen LogP contribution in [0, 0.1) is 52.3 Å². The van der Waals surface area contributed by atoms with Crippen LogP contribution in [0.2, 0.25) is 0 Å². The number of hydrogen-bond donors (Lipinski definition) is 3. The van der Waals surface area contributed by atoms with Crippen LogP contribution in [0.5, 0.6) is 0 Å². The Morgan fingerprint density at radius 2 is 1.29 bits per heavy atom. The van der Waals surface area contributed by atoms with Gasteiger partial charge in [0.2, 0.25) is 0 Å². The molecule has 5 rings (SSSR count). The molecule has 0 aromatic rings. The molecule has 0 aromatic carbocycles. The lowest BCUT2D eigenvalue weighted by molar-refractivity contribution is -0.313. The van der Waals surface area contributed by atoms with Crippen molar-refractivity contribution in [3.8, 4) is 0 Å². The maximum atomic E-state index is 12.7. The molecule has 4 aliphatic carbocycles. The molecule has 7 nitrogen and oxygen atoms in total. The molecular weight excluding hydrogens is 809 g/mol. The monoisotopic (exact) mass is 913 g/mol. The van der Waals surface area contributed by atoms with E-state index in [9.17, 15) is 20.1 Å². The molecule has 14 atom stereocenters. The van der Waals surface area contributed by atoms with Gasteiger partial charge in [0.25, 0.3) is 0 Å². The summed E-state index contributed by atoms with van der Waals surface area (Å²) in [6.45, 7) is 17.1. The molecule has 0 spiro atoms. The third kappa shape index (κ3) is 15.5. The van der Waals surface area contributed by atoms with E-state index in [0.29, 0.717) is 17.8 Å². The highest BCUT2D eigenvalue weighted by atomic mass is 16.7. The van der Waals surface area contributed by atoms with Crippen LogP contribution < -0.4 is 0 Å². The maximum Gasteiger partial charge on any atom is 0.305 e. The van der Waals surface area contributed by atoms with Gasteiger partial charge in [0.15, 0.2) is 6.29 Å². The van der Waals surface area contributed by atoms with Crippen LogP contribution in [0.1, 0.15) is 254 Å². The van der Waals surface area contributed by atoms with E-state index in [0.717, 1.165) is 80.5 Å². The van der Waals surface area contributed by atoms with Crippen LogP contribution >= 0.6 is 0 Å². The molecule has 0 radical (unpaired) electrons. The Morgan fingerprint density at radius 3 is 1.86 bits per heavy atom. The Balaban J connectivity index is 0.947. The van der Waals surface area contributed by atoms with Crippen LogP contribution in [0.25, 0.3) is 0 Å². The fourth-order valence-corrected chi connectivity index (χ4v) is 14.5. The Hall–Kier alpha value is -0.990. The molecule has 1 aliphatic heterocycles. The molecule has 0 aromatic heterocycles. The predicted molar refractivity (Wildman–Crippen MR) is 267 cm³/mol. The number of aliphatic hydroxyl groups excluding tert-OH is 3. The first kappa shape index (κ1) is 54.9. The van der Waals surface area contributed by atoms with E-state index >= 15 is 0 Å². The summed E-state index contributed by atoms with van der Waals surface area (Å²) >= 11 is 0. The summed E-state index contributed by atoms with van der Waals surface area (Å²) in [4.78, 5) is 12.7. The standard InChI is InChI=1S/C58H104O7/c1-8-10-11-12-13-14-15-16-17-18-19-20-21-22-23-24-25-26-27-28-29-52(59)63-41-51-53(60)54(61)55(62)56(65-51)64-46-36-38-57(6)45(40-46)32-33-47-49-35-34-48(58(49,7)39-37-50(47)57)43(5)30-31-44(9-2)42(3)4/h32,42-44,46-51,53-56,60-62H,8-31,33-41H2,1-7H3. The molecule has 14 unspecified atom stereocenters. The lowest BCUT2D eigenvalue weighted by Gasteiger charge is -2.58. The molecule has 65 heavy (non-hydrogen) atoms. The van der Waals surface area contributed by atoms with Crippen LogP contribution in [-0.4, -0.2) is 64.7 Å². The average Bonchev–Trinajstić information content (AvgIpc) is 3.65. The van der Waals surface area contributed by atoms with Crippen molar-refractivity contribution in [1.82, 2.24) is 0 Å². The fraction of sp³-hybridized carbons (Fsp3) is 0.948. The van der Waals surface area contributed by atoms with Gasteiger partial charge in [-0.2, -0.15) is 0 Å². The quantitative estimate of drug-likeness (QED) is 0.0361. The molecule has 4 fully saturated rings. The minimum Gasteiger partial charge on any atom is -0.463 e. The number of unbranched alkanes of at least 4 members (excludes halogenated alkanes) is 19. The number of ether oxygens (including phenoxy) is 3. The van der Waals surface area contributed by atoms with E-state index < -0.39 is 30.7 Å². The second kappa shape index (κ2) is 28.0. The van der Waals surface area contributed by atoms with Gasteiger partial charge in [0, 0.05) is 6.42 Å². The van der Waals surface area contributed by atoms with E-state index in [4.69, 9.17) is 14.2 Å². The summed E-state index contributed by atoms with van der Waals surface area (Å²) in [7, 11) is 0. The molecule has 1 heterocycles. The van der Waals surface area contributed by atoms with Gasteiger partial charge in [0.1, 0.15) is 31.0 Å². The molecule has 5 aliphatic rings. The first-order chi connectivity index (χ1) is 31.3. The highest BCUT2D eigenvalue weighted by molar-refractivity contribution is 5.69. The maximum absolute atomic E-state index is 12.7. The smallest absolute Gasteiger partial charge is 0.305 e. The van der Waals surface area contributed by atoms with E-state index in [1.807, 2.05) is 0 Å². The predicted octanol–water partition coefficient (Wildman–Crippen LogP) is 14.6. The average molecular weight is 913 g/mol. The van der Waals surface area contributed by atoms with E-state index in [2.05, 4.69) is 54.5 Å². The van der Waals surface area contributed by atoms with Crippen LogP contribution in [0.4, 0.5) is 0 Å². The zero-order chi connectivity index (χ0) is 46.8. The topological polar surface area (TPSA) is 105 Å². The first-order valence-corrected chi connectivity index (χ1v) is 28.5. The fourth-order valence-electron chi connectivity index (χ4n) is 14.5. The van der Waals surface area contributed by atoms with Crippen molar-refractivity contribution >= 4 is 5.97 Å². The summed E-state index contributed by atoms with van der Waals surface area (Å²) in [6.07, 6.45) is 36.3. The number of aliphatic hydroxyl groups is 3. The van der Waals surface area contributed by atoms with Gasteiger partial charge in [-0.3, -0.25) is 4.79 Å². The van der Waals surface area contributed by atoms with Gasteiger partial charge in [-0.15, -0.1) is 0 Å². The second-order valence-corrected chi connectivity index (χ2v) is 23.6. The highest BCUT2D eigenvalue weighted by Gasteiger charge is 2.59.